The first kappa shape index (κ1) is 103. The molecule has 123 heavy (non-hydrogen) atoms. The number of carboxylic acid groups (broad SMARTS) is 3. The molecular weight excluding hydrogens is 1610 g/mol. The summed E-state index contributed by atoms with van der Waals surface area (Å²) in [5.74, 6) is -19.3. The van der Waals surface area contributed by atoms with E-state index in [0.717, 1.165) is 27.2 Å². The zero-order chi connectivity index (χ0) is 91.4. The van der Waals surface area contributed by atoms with E-state index in [-0.39, 0.29) is 128 Å². The first-order chi connectivity index (χ1) is 58.4. The summed E-state index contributed by atoms with van der Waals surface area (Å²) < 4.78 is 5.79. The van der Waals surface area contributed by atoms with Gasteiger partial charge >= 0.3 is 24.0 Å². The van der Waals surface area contributed by atoms with Gasteiger partial charge in [0.25, 0.3) is 0 Å². The fourth-order valence-corrected chi connectivity index (χ4v) is 13.1. The zero-order valence-corrected chi connectivity index (χ0v) is 69.1. The van der Waals surface area contributed by atoms with Gasteiger partial charge in [0.2, 0.25) is 70.9 Å². The molecule has 4 rings (SSSR count). The molecule has 0 bridgehead atoms. The highest BCUT2D eigenvalue weighted by molar-refractivity contribution is 6.00. The maximum Gasteiger partial charge on any atom is 0.407 e. The Morgan fingerprint density at radius 2 is 0.829 bits per heavy atom. The van der Waals surface area contributed by atoms with Gasteiger partial charge in [0.05, 0.1) is 19.6 Å². The number of nitrogens with one attached hydrogen (secondary N) is 15. The number of rotatable bonds is 58. The van der Waals surface area contributed by atoms with Gasteiger partial charge < -0.3 is 139 Å². The van der Waals surface area contributed by atoms with Crippen molar-refractivity contribution in [3.05, 3.63) is 89.5 Å². The number of primary amides is 1. The lowest BCUT2D eigenvalue weighted by Crippen LogP contribution is -2.61. The van der Waals surface area contributed by atoms with E-state index in [9.17, 15) is 102 Å². The maximum absolute atomic E-state index is 14.6. The Morgan fingerprint density at radius 3 is 1.24 bits per heavy atom. The lowest BCUT2D eigenvalue weighted by Gasteiger charge is -2.29. The Morgan fingerprint density at radius 1 is 0.447 bits per heavy atom. The monoisotopic (exact) mass is 1730 g/mol. The minimum Gasteiger partial charge on any atom is -0.508 e. The van der Waals surface area contributed by atoms with E-state index in [0.29, 0.717) is 18.4 Å². The molecule has 0 saturated heterocycles. The summed E-state index contributed by atoms with van der Waals surface area (Å²) in [5, 5.41) is 97.0. The first-order valence-electron chi connectivity index (χ1n) is 40.4. The number of guanidine groups is 2. The number of fused-ring (bicyclic) bond motifs is 3. The minimum atomic E-state index is -1.93. The van der Waals surface area contributed by atoms with Crippen molar-refractivity contribution in [3.63, 3.8) is 0 Å². The molecule has 32 N–H and O–H groups in total. The Hall–Kier alpha value is -12.8. The van der Waals surface area contributed by atoms with Crippen LogP contribution in [0.5, 0.6) is 5.75 Å². The molecule has 0 aromatic heterocycles. The van der Waals surface area contributed by atoms with E-state index < -0.39 is 224 Å². The van der Waals surface area contributed by atoms with Crippen molar-refractivity contribution in [1.82, 2.24) is 74.0 Å². The van der Waals surface area contributed by atoms with Crippen molar-refractivity contribution < 1.29 is 107 Å². The van der Waals surface area contributed by atoms with E-state index in [1.165, 1.54) is 45.2 Å². The molecule has 11 atom stereocenters. The molecule has 0 heterocycles. The van der Waals surface area contributed by atoms with Crippen LogP contribution >= 0.6 is 0 Å². The SMILES string of the molecule is CC(C)[C@H](NC(=O)CN(C)C(=O)[C@H](CCCNC(=N)N)NC(=O)[C@H](CCCCN)NC(=O)[C@H](CO)NC(=O)[C@H](CCCNC(=N)N)NC(=O)[C@H](CCC(=O)O)NC(=O)[C@H](CCCCN)NC(=O)[C@@H](Cc1ccc(O)cc1)NC(=O)OCC1c2ccccc2-c2ccccc21)C(=O)N[C@@H](CCC(N)=O)C(=O)N[C@@H](CCCCN)C(=O)N[C@@H](CC(=O)O)C(=O)O. The number of aromatic hydroxyl groups is 1. The van der Waals surface area contributed by atoms with E-state index >= 15 is 0 Å². The van der Waals surface area contributed by atoms with Crippen LogP contribution < -0.4 is 104 Å². The summed E-state index contributed by atoms with van der Waals surface area (Å²) in [6.45, 7) is 1.19. The molecule has 0 spiro atoms. The number of ether oxygens (including phenoxy) is 1. The Balaban J connectivity index is 1.58. The van der Waals surface area contributed by atoms with Crippen LogP contribution in [0.2, 0.25) is 0 Å². The molecule has 3 aromatic rings. The highest BCUT2D eigenvalue weighted by Gasteiger charge is 2.39. The predicted octanol–water partition coefficient (Wildman–Crippen LogP) is -4.60. The summed E-state index contributed by atoms with van der Waals surface area (Å²) in [6, 6.07) is 2.92. The van der Waals surface area contributed by atoms with Gasteiger partial charge in [-0.3, -0.25) is 77.9 Å². The van der Waals surface area contributed by atoms with Crippen LogP contribution in [0.1, 0.15) is 152 Å². The lowest BCUT2D eigenvalue weighted by atomic mass is 9.98. The smallest absolute Gasteiger partial charge is 0.407 e. The third-order valence-corrected chi connectivity index (χ3v) is 19.7. The fraction of sp³-hybridized carbons (Fsp3) is 0.544. The first-order valence-corrected chi connectivity index (χ1v) is 40.4. The van der Waals surface area contributed by atoms with E-state index in [4.69, 9.17) is 50.0 Å². The number of hydrogen-bond donors (Lipinski definition) is 26. The number of unbranched alkanes of at least 4 members (excludes halogenated alkanes) is 3. The highest BCUT2D eigenvalue weighted by Crippen LogP contribution is 2.44. The lowest BCUT2D eigenvalue weighted by molar-refractivity contribution is -0.147. The van der Waals surface area contributed by atoms with Crippen molar-refractivity contribution in [2.75, 3.05) is 59.5 Å². The number of phenolic OH excluding ortho intramolecular Hbond substituents is 1. The number of nitrogens with two attached hydrogens (primary N) is 6. The number of amides is 13. The van der Waals surface area contributed by atoms with Crippen LogP contribution in [0.3, 0.4) is 0 Å². The van der Waals surface area contributed by atoms with Crippen molar-refractivity contribution in [2.24, 2.45) is 40.3 Å². The second-order valence-corrected chi connectivity index (χ2v) is 29.8. The van der Waals surface area contributed by atoms with Crippen molar-refractivity contribution in [3.8, 4) is 16.9 Å². The number of benzene rings is 3. The summed E-state index contributed by atoms with van der Waals surface area (Å²) >= 11 is 0. The van der Waals surface area contributed by atoms with Crippen LogP contribution in [0.15, 0.2) is 72.8 Å². The van der Waals surface area contributed by atoms with Crippen LogP contribution in [0.25, 0.3) is 11.1 Å². The van der Waals surface area contributed by atoms with Gasteiger partial charge in [-0.15, -0.1) is 0 Å². The number of nitrogens with zero attached hydrogens (tertiary/aromatic N) is 1. The van der Waals surface area contributed by atoms with Gasteiger partial charge in [0.15, 0.2) is 11.9 Å². The number of carbonyl (C=O) groups is 16. The maximum atomic E-state index is 14.6. The standard InChI is InChI=1S/C79H120N22O22/c1-43(2)65(74(118)95-55(29-31-61(83)104)70(114)90-53(22-10-13-35-82)68(112)97-59(76(120)121)39-64(108)109)100-62(105)40-101(3)75(119)57(24-15-37-89-78(86)87)96-67(111)52(21-9-12-34-81)93-73(117)60(41-102)98-69(113)54(23-14-36-88-77(84)85)91-71(115)56(30-32-63(106)107)94-66(110)51(20-8-11-33-80)92-72(116)58(38-44-25-27-45(103)28-26-44)99-79(122)123-42-50-48-18-6-4-16-46(48)47-17-5-7-19-49(47)50/h4-7,16-19,25-28,43,50-60,65,102-103H,8-15,20-24,29-42,80-82H2,1-3H3,(H2,83,104)(H,90,114)(H,91,115)(H,92,116)(H,93,117)(H,94,110)(H,95,118)(H,96,111)(H,97,112)(H,98,113)(H,99,122)(H,100,105)(H,106,107)(H,108,109)(H,120,121)(H4,84,85,88)(H4,86,87,89)/t51-,52-,53-,54-,55-,56-,57-,58+,59-,60-,65-/m0/s1. The number of carbonyl (C=O) groups excluding carboxylic acids is 13. The van der Waals surface area contributed by atoms with E-state index in [2.05, 4.69) is 69.1 Å². The molecule has 1 aliphatic rings. The molecule has 0 fully saturated rings. The summed E-state index contributed by atoms with van der Waals surface area (Å²) in [7, 11) is 1.17. The van der Waals surface area contributed by atoms with Crippen molar-refractivity contribution in [2.45, 2.75) is 208 Å². The quantitative estimate of drug-likeness (QED) is 0.0144. The molecule has 0 saturated carbocycles. The second-order valence-electron chi connectivity index (χ2n) is 29.8. The van der Waals surface area contributed by atoms with Crippen LogP contribution in [-0.2, 0) is 83.1 Å². The molecule has 1 aliphatic carbocycles. The number of phenols is 1. The van der Waals surface area contributed by atoms with E-state index in [1.54, 1.807) is 0 Å². The fourth-order valence-electron chi connectivity index (χ4n) is 13.1. The number of aliphatic carboxylic acids is 3. The topological polar surface area (TPSA) is 747 Å². The summed E-state index contributed by atoms with van der Waals surface area (Å²) in [4.78, 5) is 219. The molecule has 0 aliphatic heterocycles. The van der Waals surface area contributed by atoms with Gasteiger partial charge in [0.1, 0.15) is 78.8 Å². The Kier molecular flexibility index (Phi) is 44.8. The highest BCUT2D eigenvalue weighted by atomic mass is 16.5. The predicted molar refractivity (Wildman–Crippen MR) is 445 cm³/mol. The number of carboxylic acids is 3. The average molecular weight is 1730 g/mol. The molecular formula is C79H120N22O22. The third kappa shape index (κ3) is 36.6. The van der Waals surface area contributed by atoms with Crippen LogP contribution in [0, 0.1) is 16.7 Å². The summed E-state index contributed by atoms with van der Waals surface area (Å²) in [6.07, 6.45) is -4.10. The van der Waals surface area contributed by atoms with Crippen LogP contribution in [-0.4, -0.2) is 263 Å². The van der Waals surface area contributed by atoms with Gasteiger partial charge in [-0.1, -0.05) is 74.5 Å². The number of alkyl carbamates (subject to hydrolysis) is 1. The average Bonchev–Trinajstić information content (AvgIpc) is 1.61. The molecule has 0 unspecified atom stereocenters. The van der Waals surface area contributed by atoms with Gasteiger partial charge in [-0.25, -0.2) is 9.59 Å². The Labute approximate surface area is 710 Å². The van der Waals surface area contributed by atoms with Crippen molar-refractivity contribution >= 4 is 107 Å². The second kappa shape index (κ2) is 53.7. The normalized spacial score (nSPS) is 14.0. The van der Waals surface area contributed by atoms with Crippen LogP contribution in [0.4, 0.5) is 4.79 Å². The van der Waals surface area contributed by atoms with Gasteiger partial charge in [-0.05, 0) is 162 Å². The minimum absolute atomic E-state index is 0.0202. The molecule has 3 aromatic carbocycles. The van der Waals surface area contributed by atoms with Crippen molar-refractivity contribution in [1.29, 1.82) is 10.8 Å². The van der Waals surface area contributed by atoms with E-state index in [1.807, 2.05) is 48.5 Å². The zero-order valence-electron chi connectivity index (χ0n) is 69.1. The molecule has 13 amide bonds. The number of hydrogen-bond acceptors (Lipinski definition) is 24. The molecule has 44 heteroatoms. The summed E-state index contributed by atoms with van der Waals surface area (Å²) in [5.41, 5.74) is 37.9. The number of aliphatic hydroxyl groups is 1. The molecule has 44 nitrogen and oxygen atoms in total. The number of likely N-dealkylation sites (N-methyl/N-ethyl adjacent to an activating group) is 1. The largest absolute Gasteiger partial charge is 0.508 e. The van der Waals surface area contributed by atoms with Gasteiger partial charge in [-0.2, -0.15) is 0 Å². The van der Waals surface area contributed by atoms with Gasteiger partial charge in [0, 0.05) is 45.3 Å². The molecule has 678 valence electrons. The number of aliphatic hydroxyl groups excluding tert-OH is 1. The third-order valence-electron chi connectivity index (χ3n) is 19.7. The Bertz CT molecular complexity index is 4080. The molecule has 0 radical (unpaired) electrons.